The summed E-state index contributed by atoms with van der Waals surface area (Å²) in [4.78, 5) is 12.4. The van der Waals surface area contributed by atoms with E-state index in [1.807, 2.05) is 27.7 Å². The number of carbonyl (C=O) groups is 1. The molecule has 0 spiro atoms. The number of hydrogen-bond donors (Lipinski definition) is 0. The van der Waals surface area contributed by atoms with E-state index in [0.29, 0.717) is 0 Å². The van der Waals surface area contributed by atoms with E-state index in [1.165, 1.54) is 11.5 Å². The summed E-state index contributed by atoms with van der Waals surface area (Å²) in [7, 11) is 0. The van der Waals surface area contributed by atoms with Gasteiger partial charge in [0.25, 0.3) is 0 Å². The highest BCUT2D eigenvalue weighted by atomic mass is 32.1. The summed E-state index contributed by atoms with van der Waals surface area (Å²) in [5, 5.41) is 3.97. The van der Waals surface area contributed by atoms with E-state index in [9.17, 15) is 4.79 Å². The van der Waals surface area contributed by atoms with Gasteiger partial charge in [-0.05, 0) is 17.5 Å². The Balaban J connectivity index is 3.01. The molecule has 13 heavy (non-hydrogen) atoms. The number of ketones is 1. The summed E-state index contributed by atoms with van der Waals surface area (Å²) in [5.41, 5.74) is 0.837. The Bertz CT molecular complexity index is 304. The molecule has 0 aromatic carbocycles. The molecule has 1 rings (SSSR count). The number of carbonyl (C=O) groups excluding carboxylic acids is 1. The molecule has 0 fully saturated rings. The molecule has 4 heteroatoms. The van der Waals surface area contributed by atoms with Crippen LogP contribution in [0.2, 0.25) is 0 Å². The van der Waals surface area contributed by atoms with Gasteiger partial charge in [-0.15, -0.1) is 5.10 Å². The van der Waals surface area contributed by atoms with Gasteiger partial charge in [0.15, 0.2) is 5.78 Å². The summed E-state index contributed by atoms with van der Waals surface area (Å²) in [5.74, 6) is 0.454. The SMILES string of the molecule is CC(C)C(=O)c1snnc1C(C)C. The molecule has 0 atom stereocenters. The average molecular weight is 198 g/mol. The Hall–Kier alpha value is -0.770. The number of hydrogen-bond acceptors (Lipinski definition) is 4. The highest BCUT2D eigenvalue weighted by Crippen LogP contribution is 2.22. The van der Waals surface area contributed by atoms with Gasteiger partial charge in [-0.2, -0.15) is 0 Å². The molecule has 1 aromatic heterocycles. The van der Waals surface area contributed by atoms with Gasteiger partial charge in [-0.25, -0.2) is 0 Å². The van der Waals surface area contributed by atoms with Gasteiger partial charge in [-0.3, -0.25) is 4.79 Å². The normalized spacial score (nSPS) is 11.2. The van der Waals surface area contributed by atoms with Crippen LogP contribution in [0.5, 0.6) is 0 Å². The van der Waals surface area contributed by atoms with E-state index in [0.717, 1.165) is 10.6 Å². The summed E-state index contributed by atoms with van der Waals surface area (Å²) in [6, 6.07) is 0. The minimum Gasteiger partial charge on any atom is -0.293 e. The average Bonchev–Trinajstić information content (AvgIpc) is 2.50. The lowest BCUT2D eigenvalue weighted by Crippen LogP contribution is -2.08. The molecule has 1 aromatic rings. The van der Waals surface area contributed by atoms with Gasteiger partial charge in [-0.1, -0.05) is 32.2 Å². The topological polar surface area (TPSA) is 42.9 Å². The van der Waals surface area contributed by atoms with Crippen molar-refractivity contribution in [3.05, 3.63) is 10.6 Å². The van der Waals surface area contributed by atoms with Gasteiger partial charge >= 0.3 is 0 Å². The van der Waals surface area contributed by atoms with E-state index < -0.39 is 0 Å². The fourth-order valence-corrected chi connectivity index (χ4v) is 1.91. The van der Waals surface area contributed by atoms with Crippen LogP contribution in [0.25, 0.3) is 0 Å². The lowest BCUT2D eigenvalue weighted by atomic mass is 10.0. The van der Waals surface area contributed by atoms with Crippen LogP contribution in [0, 0.1) is 5.92 Å². The van der Waals surface area contributed by atoms with E-state index in [-0.39, 0.29) is 17.6 Å². The van der Waals surface area contributed by atoms with Crippen molar-refractivity contribution in [2.75, 3.05) is 0 Å². The first-order chi connectivity index (χ1) is 6.04. The standard InChI is InChI=1S/C9H14N2OS/c1-5(2)7-9(13-11-10-7)8(12)6(3)4/h5-6H,1-4H3. The Morgan fingerprint density at radius 3 is 2.38 bits per heavy atom. The van der Waals surface area contributed by atoms with Gasteiger partial charge in [0.2, 0.25) is 0 Å². The molecule has 0 radical (unpaired) electrons. The molecular formula is C9H14N2OS. The van der Waals surface area contributed by atoms with Crippen molar-refractivity contribution in [3.63, 3.8) is 0 Å². The molecule has 72 valence electrons. The number of aromatic nitrogens is 2. The van der Waals surface area contributed by atoms with Crippen LogP contribution in [0.15, 0.2) is 0 Å². The minimum atomic E-state index is 0.0275. The third-order valence-electron chi connectivity index (χ3n) is 1.81. The number of nitrogens with zero attached hydrogens (tertiary/aromatic N) is 2. The summed E-state index contributed by atoms with van der Waals surface area (Å²) in [6.45, 7) is 7.83. The van der Waals surface area contributed by atoms with Gasteiger partial charge in [0, 0.05) is 5.92 Å². The zero-order valence-corrected chi connectivity index (χ0v) is 9.18. The molecule has 0 aliphatic rings. The predicted molar refractivity (Wildman–Crippen MR) is 53.2 cm³/mol. The van der Waals surface area contributed by atoms with Gasteiger partial charge in [0.1, 0.15) is 4.88 Å². The van der Waals surface area contributed by atoms with Crippen LogP contribution in [-0.2, 0) is 0 Å². The Kier molecular flexibility index (Phi) is 3.14. The maximum atomic E-state index is 11.7. The summed E-state index contributed by atoms with van der Waals surface area (Å²) in [6.07, 6.45) is 0. The van der Waals surface area contributed by atoms with Crippen LogP contribution < -0.4 is 0 Å². The van der Waals surface area contributed by atoms with Crippen molar-refractivity contribution in [1.82, 2.24) is 9.59 Å². The van der Waals surface area contributed by atoms with Crippen LogP contribution in [0.4, 0.5) is 0 Å². The Labute approximate surface area is 82.3 Å². The summed E-state index contributed by atoms with van der Waals surface area (Å²) < 4.78 is 3.82. The molecule has 1 heterocycles. The fourth-order valence-electron chi connectivity index (χ4n) is 1.01. The molecule has 0 saturated heterocycles. The van der Waals surface area contributed by atoms with Crippen molar-refractivity contribution in [2.45, 2.75) is 33.6 Å². The largest absolute Gasteiger partial charge is 0.293 e. The Morgan fingerprint density at radius 2 is 1.92 bits per heavy atom. The smallest absolute Gasteiger partial charge is 0.178 e. The highest BCUT2D eigenvalue weighted by Gasteiger charge is 2.20. The quantitative estimate of drug-likeness (QED) is 0.701. The second-order valence-electron chi connectivity index (χ2n) is 3.66. The van der Waals surface area contributed by atoms with E-state index in [2.05, 4.69) is 9.59 Å². The molecule has 0 saturated carbocycles. The van der Waals surface area contributed by atoms with Crippen LogP contribution >= 0.6 is 11.5 Å². The second-order valence-corrected chi connectivity index (χ2v) is 4.42. The van der Waals surface area contributed by atoms with E-state index in [1.54, 1.807) is 0 Å². The fraction of sp³-hybridized carbons (Fsp3) is 0.667. The number of Topliss-reactive ketones (excluding diaryl/α,β-unsaturated/α-hetero) is 1. The zero-order chi connectivity index (χ0) is 10.0. The van der Waals surface area contributed by atoms with Crippen LogP contribution in [0.3, 0.4) is 0 Å². The van der Waals surface area contributed by atoms with Gasteiger partial charge < -0.3 is 0 Å². The molecule has 0 unspecified atom stereocenters. The third-order valence-corrected chi connectivity index (χ3v) is 2.56. The lowest BCUT2D eigenvalue weighted by Gasteiger charge is -2.04. The van der Waals surface area contributed by atoms with Gasteiger partial charge in [0.05, 0.1) is 5.69 Å². The predicted octanol–water partition coefficient (Wildman–Crippen LogP) is 2.50. The maximum Gasteiger partial charge on any atom is 0.178 e. The minimum absolute atomic E-state index is 0.0275. The van der Waals surface area contributed by atoms with E-state index >= 15 is 0 Å². The molecule has 0 aliphatic heterocycles. The van der Waals surface area contributed by atoms with Crippen molar-refractivity contribution in [3.8, 4) is 0 Å². The van der Waals surface area contributed by atoms with Crippen molar-refractivity contribution >= 4 is 17.3 Å². The third kappa shape index (κ3) is 2.12. The van der Waals surface area contributed by atoms with Crippen LogP contribution in [0.1, 0.15) is 49.0 Å². The summed E-state index contributed by atoms with van der Waals surface area (Å²) >= 11 is 1.20. The van der Waals surface area contributed by atoms with Crippen molar-refractivity contribution in [2.24, 2.45) is 5.92 Å². The molecule has 0 N–H and O–H groups in total. The highest BCUT2D eigenvalue weighted by molar-refractivity contribution is 7.08. The lowest BCUT2D eigenvalue weighted by molar-refractivity contribution is 0.0942. The molecule has 0 aliphatic carbocycles. The van der Waals surface area contributed by atoms with Crippen molar-refractivity contribution < 1.29 is 4.79 Å². The molecule has 0 amide bonds. The molecule has 0 bridgehead atoms. The van der Waals surface area contributed by atoms with E-state index in [4.69, 9.17) is 0 Å². The first-order valence-electron chi connectivity index (χ1n) is 4.40. The molecular weight excluding hydrogens is 184 g/mol. The Morgan fingerprint density at radius 1 is 1.31 bits per heavy atom. The monoisotopic (exact) mass is 198 g/mol. The number of rotatable bonds is 3. The first kappa shape index (κ1) is 10.3. The zero-order valence-electron chi connectivity index (χ0n) is 8.37. The maximum absolute atomic E-state index is 11.7. The van der Waals surface area contributed by atoms with Crippen LogP contribution in [-0.4, -0.2) is 15.4 Å². The molecule has 3 nitrogen and oxygen atoms in total. The first-order valence-corrected chi connectivity index (χ1v) is 5.17. The van der Waals surface area contributed by atoms with Crippen molar-refractivity contribution in [1.29, 1.82) is 0 Å². The second kappa shape index (κ2) is 3.96.